The molecule has 96 valence electrons. The van der Waals surface area contributed by atoms with E-state index in [1.54, 1.807) is 18.2 Å². The van der Waals surface area contributed by atoms with E-state index in [9.17, 15) is 8.42 Å². The van der Waals surface area contributed by atoms with Crippen molar-refractivity contribution >= 4 is 29.0 Å². The minimum Gasteiger partial charge on any atom is -0.480 e. The van der Waals surface area contributed by atoms with Gasteiger partial charge in [0.15, 0.2) is 0 Å². The third-order valence-electron chi connectivity index (χ3n) is 2.36. The summed E-state index contributed by atoms with van der Waals surface area (Å²) < 4.78 is 31.7. The smallest absolute Gasteiger partial charge is 0.262 e. The van der Waals surface area contributed by atoms with Gasteiger partial charge < -0.3 is 4.74 Å². The van der Waals surface area contributed by atoms with Crippen molar-refractivity contribution in [2.45, 2.75) is 4.90 Å². The summed E-state index contributed by atoms with van der Waals surface area (Å²) in [7, 11) is 3.30. The van der Waals surface area contributed by atoms with Crippen molar-refractivity contribution in [1.82, 2.24) is 4.98 Å². The molecular weight excluding hydrogens is 263 g/mol. The summed E-state index contributed by atoms with van der Waals surface area (Å²) in [6.45, 7) is 0. The fraction of sp³-hybridized carbons (Fsp3) is 0.0833. The number of benzene rings is 1. The molecule has 1 N–H and O–H groups in total. The molecule has 5 nitrogen and oxygen atoms in total. The van der Waals surface area contributed by atoms with Gasteiger partial charge in [-0.15, -0.1) is 0 Å². The Kier molecular flexibility index (Phi) is 3.75. The first-order valence-corrected chi connectivity index (χ1v) is 6.88. The number of nitrogens with zero attached hydrogens (tertiary/aromatic N) is 1. The van der Waals surface area contributed by atoms with Gasteiger partial charge in [-0.2, -0.15) is 0 Å². The van der Waals surface area contributed by atoms with Crippen LogP contribution in [0.3, 0.4) is 0 Å². The molecule has 0 aliphatic carbocycles. The highest BCUT2D eigenvalue weighted by molar-refractivity contribution is 7.92. The number of aromatic nitrogens is 1. The number of sulfonamides is 1. The highest BCUT2D eigenvalue weighted by atomic mass is 32.2. The van der Waals surface area contributed by atoms with Crippen LogP contribution in [0.5, 0.6) is 5.88 Å². The van der Waals surface area contributed by atoms with E-state index in [-0.39, 0.29) is 16.5 Å². The largest absolute Gasteiger partial charge is 0.480 e. The van der Waals surface area contributed by atoms with E-state index < -0.39 is 10.0 Å². The average molecular weight is 274 g/mol. The molecule has 2 radical (unpaired) electrons. The molecule has 0 bridgehead atoms. The van der Waals surface area contributed by atoms with Crippen LogP contribution >= 0.6 is 0 Å². The maximum absolute atomic E-state index is 12.1. The number of pyridine rings is 1. The van der Waals surface area contributed by atoms with E-state index in [1.165, 1.54) is 31.5 Å². The minimum absolute atomic E-state index is 0.152. The Morgan fingerprint density at radius 3 is 2.58 bits per heavy atom. The predicted molar refractivity (Wildman–Crippen MR) is 73.4 cm³/mol. The molecule has 0 aliphatic rings. The lowest BCUT2D eigenvalue weighted by Gasteiger charge is -2.11. The normalized spacial score (nSPS) is 11.0. The predicted octanol–water partition coefficient (Wildman–Crippen LogP) is 0.685. The second-order valence-corrected chi connectivity index (χ2v) is 5.43. The molecule has 19 heavy (non-hydrogen) atoms. The van der Waals surface area contributed by atoms with Gasteiger partial charge in [-0.05, 0) is 18.2 Å². The quantitative estimate of drug-likeness (QED) is 0.833. The van der Waals surface area contributed by atoms with E-state index in [1.807, 2.05) is 0 Å². The Balaban J connectivity index is 2.38. The zero-order chi connectivity index (χ0) is 13.9. The van der Waals surface area contributed by atoms with Crippen LogP contribution in [0.25, 0.3) is 0 Å². The minimum atomic E-state index is -3.69. The van der Waals surface area contributed by atoms with Crippen LogP contribution in [0, 0.1) is 0 Å². The highest BCUT2D eigenvalue weighted by Crippen LogP contribution is 2.22. The summed E-state index contributed by atoms with van der Waals surface area (Å²) in [5.74, 6) is 0.161. The van der Waals surface area contributed by atoms with Gasteiger partial charge in [0.05, 0.1) is 12.0 Å². The van der Waals surface area contributed by atoms with Gasteiger partial charge in [0.1, 0.15) is 13.5 Å². The molecule has 0 amide bonds. The Bertz CT molecular complexity index is 675. The van der Waals surface area contributed by atoms with Crippen molar-refractivity contribution in [3.05, 3.63) is 42.6 Å². The van der Waals surface area contributed by atoms with E-state index in [4.69, 9.17) is 12.6 Å². The first-order valence-electron chi connectivity index (χ1n) is 5.40. The van der Waals surface area contributed by atoms with Gasteiger partial charge in [0, 0.05) is 6.20 Å². The van der Waals surface area contributed by atoms with Crippen LogP contribution in [0.1, 0.15) is 0 Å². The molecule has 0 saturated heterocycles. The van der Waals surface area contributed by atoms with Crippen molar-refractivity contribution < 1.29 is 13.2 Å². The lowest BCUT2D eigenvalue weighted by molar-refractivity contribution is 0.400. The molecule has 0 spiro atoms. The Labute approximate surface area is 113 Å². The third kappa shape index (κ3) is 3.06. The zero-order valence-corrected chi connectivity index (χ0v) is 11.0. The Morgan fingerprint density at radius 1 is 1.26 bits per heavy atom. The summed E-state index contributed by atoms with van der Waals surface area (Å²) in [4.78, 5) is 4.05. The average Bonchev–Trinajstić information content (AvgIpc) is 2.39. The van der Waals surface area contributed by atoms with Crippen LogP contribution < -0.4 is 14.9 Å². The summed E-state index contributed by atoms with van der Waals surface area (Å²) >= 11 is 0. The van der Waals surface area contributed by atoms with Gasteiger partial charge in [-0.25, -0.2) is 13.4 Å². The van der Waals surface area contributed by atoms with Crippen LogP contribution in [0.4, 0.5) is 5.69 Å². The van der Waals surface area contributed by atoms with Gasteiger partial charge in [-0.1, -0.05) is 23.7 Å². The fourth-order valence-corrected chi connectivity index (χ4v) is 2.58. The maximum Gasteiger partial charge on any atom is 0.262 e. The number of hydrogen-bond acceptors (Lipinski definition) is 4. The van der Waals surface area contributed by atoms with Gasteiger partial charge in [-0.3, -0.25) is 4.72 Å². The second kappa shape index (κ2) is 5.32. The summed E-state index contributed by atoms with van der Waals surface area (Å²) in [6, 6.07) is 9.46. The summed E-state index contributed by atoms with van der Waals surface area (Å²) in [5, 5.41) is 0. The standard InChI is InChI=1S/C12H11BN2O3S/c1-18-12-11(7-9(13)8-14-12)15-19(16,17)10-5-3-2-4-6-10/h2-8,15H,1H3. The van der Waals surface area contributed by atoms with Crippen LogP contribution in [0.2, 0.25) is 0 Å². The number of hydrogen-bond donors (Lipinski definition) is 1. The molecule has 0 saturated carbocycles. The topological polar surface area (TPSA) is 68.3 Å². The fourth-order valence-electron chi connectivity index (χ4n) is 1.51. The number of anilines is 1. The van der Waals surface area contributed by atoms with Crippen LogP contribution in [0.15, 0.2) is 47.5 Å². The van der Waals surface area contributed by atoms with E-state index in [2.05, 4.69) is 9.71 Å². The molecule has 2 aromatic rings. The van der Waals surface area contributed by atoms with Crippen molar-refractivity contribution in [3.8, 4) is 5.88 Å². The molecule has 1 aromatic heterocycles. The zero-order valence-electron chi connectivity index (χ0n) is 10.2. The van der Waals surface area contributed by atoms with Crippen LogP contribution in [-0.2, 0) is 10.0 Å². The third-order valence-corrected chi connectivity index (χ3v) is 3.74. The van der Waals surface area contributed by atoms with Gasteiger partial charge in [0.25, 0.3) is 10.0 Å². The van der Waals surface area contributed by atoms with Gasteiger partial charge >= 0.3 is 0 Å². The van der Waals surface area contributed by atoms with Crippen molar-refractivity contribution in [1.29, 1.82) is 0 Å². The lowest BCUT2D eigenvalue weighted by atomic mass is 9.99. The monoisotopic (exact) mass is 274 g/mol. The molecule has 1 aromatic carbocycles. The first kappa shape index (κ1) is 13.4. The van der Waals surface area contributed by atoms with Crippen molar-refractivity contribution in [2.24, 2.45) is 0 Å². The van der Waals surface area contributed by atoms with E-state index in [0.717, 1.165) is 0 Å². The van der Waals surface area contributed by atoms with E-state index >= 15 is 0 Å². The van der Waals surface area contributed by atoms with Crippen molar-refractivity contribution in [2.75, 3.05) is 11.8 Å². The second-order valence-electron chi connectivity index (χ2n) is 3.74. The van der Waals surface area contributed by atoms with E-state index in [0.29, 0.717) is 5.46 Å². The summed E-state index contributed by atoms with van der Waals surface area (Å²) in [5.41, 5.74) is 0.540. The van der Waals surface area contributed by atoms with Crippen molar-refractivity contribution in [3.63, 3.8) is 0 Å². The molecule has 0 unspecified atom stereocenters. The number of nitrogens with one attached hydrogen (secondary N) is 1. The molecule has 1 heterocycles. The molecule has 7 heteroatoms. The lowest BCUT2D eigenvalue weighted by Crippen LogP contribution is -2.16. The Morgan fingerprint density at radius 2 is 1.95 bits per heavy atom. The molecular formula is C12H11BN2O3S. The number of methoxy groups -OCH3 is 1. The molecule has 0 atom stereocenters. The SMILES string of the molecule is [B]c1cnc(OC)c(NS(=O)(=O)c2ccccc2)c1. The number of rotatable bonds is 4. The molecule has 2 rings (SSSR count). The highest BCUT2D eigenvalue weighted by Gasteiger charge is 2.16. The number of ether oxygens (including phenoxy) is 1. The Hall–Kier alpha value is -2.02. The summed E-state index contributed by atoms with van der Waals surface area (Å²) in [6.07, 6.45) is 1.39. The molecule has 0 aliphatic heterocycles. The maximum atomic E-state index is 12.1. The van der Waals surface area contributed by atoms with Gasteiger partial charge in [0.2, 0.25) is 5.88 Å². The first-order chi connectivity index (χ1) is 9.03. The van der Waals surface area contributed by atoms with Crippen LogP contribution in [-0.4, -0.2) is 28.4 Å². The molecule has 0 fully saturated rings.